The molecule has 0 radical (unpaired) electrons. The van der Waals surface area contributed by atoms with Crippen LogP contribution in [0.15, 0.2) is 28.7 Å². The van der Waals surface area contributed by atoms with Crippen LogP contribution in [0.5, 0.6) is 0 Å². The fraction of sp³-hybridized carbons (Fsp3) is 0.571. The van der Waals surface area contributed by atoms with Crippen LogP contribution in [0, 0.1) is 0 Å². The fourth-order valence-corrected chi connectivity index (χ4v) is 2.75. The molecular weight excluding hydrogens is 292 g/mol. The van der Waals surface area contributed by atoms with Crippen LogP contribution in [0.3, 0.4) is 0 Å². The number of nitrogens with two attached hydrogens (primary N) is 1. The lowest BCUT2D eigenvalue weighted by Crippen LogP contribution is -2.41. The number of methoxy groups -OCH3 is 1. The number of nitrogens with zero attached hydrogens (tertiary/aromatic N) is 1. The number of likely N-dealkylation sites (N-methyl/N-ethyl adjacent to an activating group) is 1. The Hall–Kier alpha value is -0.420. The molecule has 3 nitrogen and oxygen atoms in total. The molecule has 1 rings (SSSR count). The van der Waals surface area contributed by atoms with Crippen LogP contribution in [0.25, 0.3) is 0 Å². The molecule has 0 saturated heterocycles. The van der Waals surface area contributed by atoms with Gasteiger partial charge in [0, 0.05) is 24.2 Å². The molecule has 0 aliphatic rings. The zero-order valence-corrected chi connectivity index (χ0v) is 13.0. The Bertz CT molecular complexity index is 357. The van der Waals surface area contributed by atoms with E-state index >= 15 is 0 Å². The van der Waals surface area contributed by atoms with E-state index in [0.717, 1.165) is 24.2 Å². The van der Waals surface area contributed by atoms with Crippen LogP contribution < -0.4 is 5.73 Å². The van der Waals surface area contributed by atoms with Crippen LogP contribution in [0.2, 0.25) is 0 Å². The number of halogens is 1. The molecule has 0 fully saturated rings. The molecular formula is C14H23BrN2O. The van der Waals surface area contributed by atoms with E-state index in [9.17, 15) is 0 Å². The Labute approximate surface area is 118 Å². The highest BCUT2D eigenvalue weighted by Gasteiger charge is 2.24. The van der Waals surface area contributed by atoms with Gasteiger partial charge in [0.25, 0.3) is 0 Å². The maximum absolute atomic E-state index is 6.18. The number of hydrogen-bond donors (Lipinski definition) is 1. The lowest BCUT2D eigenvalue weighted by Gasteiger charge is -2.34. The predicted molar refractivity (Wildman–Crippen MR) is 79.7 cm³/mol. The van der Waals surface area contributed by atoms with Gasteiger partial charge in [-0.3, -0.25) is 4.90 Å². The smallest absolute Gasteiger partial charge is 0.0589 e. The van der Waals surface area contributed by atoms with Gasteiger partial charge in [-0.15, -0.1) is 0 Å². The first-order valence-corrected chi connectivity index (χ1v) is 7.14. The average molecular weight is 315 g/mol. The summed E-state index contributed by atoms with van der Waals surface area (Å²) in [4.78, 5) is 2.36. The van der Waals surface area contributed by atoms with E-state index in [4.69, 9.17) is 10.5 Å². The molecule has 2 N–H and O–H groups in total. The van der Waals surface area contributed by atoms with Crippen LogP contribution in [-0.2, 0) is 4.74 Å². The van der Waals surface area contributed by atoms with Gasteiger partial charge in [0.2, 0.25) is 0 Å². The third kappa shape index (κ3) is 4.05. The van der Waals surface area contributed by atoms with Gasteiger partial charge >= 0.3 is 0 Å². The SMILES string of the molecule is CCN(CCOC)C(c1ccccc1Br)C(C)N. The van der Waals surface area contributed by atoms with Crippen molar-refractivity contribution < 1.29 is 4.74 Å². The summed E-state index contributed by atoms with van der Waals surface area (Å²) in [6, 6.07) is 8.56. The van der Waals surface area contributed by atoms with Crippen molar-refractivity contribution in [2.45, 2.75) is 25.9 Å². The summed E-state index contributed by atoms with van der Waals surface area (Å²) >= 11 is 3.62. The summed E-state index contributed by atoms with van der Waals surface area (Å²) < 4.78 is 6.29. The standard InChI is InChI=1S/C14H23BrN2O/c1-4-17(9-10-18-3)14(11(2)16)12-7-5-6-8-13(12)15/h5-8,11,14H,4,9-10,16H2,1-3H3. The molecule has 102 valence electrons. The molecule has 1 aromatic carbocycles. The first-order valence-electron chi connectivity index (χ1n) is 6.34. The van der Waals surface area contributed by atoms with Gasteiger partial charge in [-0.1, -0.05) is 41.1 Å². The van der Waals surface area contributed by atoms with E-state index in [-0.39, 0.29) is 12.1 Å². The maximum atomic E-state index is 6.18. The van der Waals surface area contributed by atoms with Crippen molar-refractivity contribution in [1.29, 1.82) is 0 Å². The van der Waals surface area contributed by atoms with Crippen molar-refractivity contribution in [2.24, 2.45) is 5.73 Å². The topological polar surface area (TPSA) is 38.5 Å². The van der Waals surface area contributed by atoms with Crippen molar-refractivity contribution in [2.75, 3.05) is 26.8 Å². The molecule has 0 bridgehead atoms. The highest BCUT2D eigenvalue weighted by molar-refractivity contribution is 9.10. The van der Waals surface area contributed by atoms with Crippen molar-refractivity contribution in [1.82, 2.24) is 4.90 Å². The highest BCUT2D eigenvalue weighted by atomic mass is 79.9. The van der Waals surface area contributed by atoms with E-state index in [2.05, 4.69) is 52.9 Å². The molecule has 18 heavy (non-hydrogen) atoms. The van der Waals surface area contributed by atoms with Crippen molar-refractivity contribution in [3.8, 4) is 0 Å². The highest BCUT2D eigenvalue weighted by Crippen LogP contribution is 2.29. The molecule has 0 saturated carbocycles. The van der Waals surface area contributed by atoms with Gasteiger partial charge in [0.1, 0.15) is 0 Å². The Morgan fingerprint density at radius 3 is 2.56 bits per heavy atom. The van der Waals surface area contributed by atoms with Crippen LogP contribution in [0.1, 0.15) is 25.5 Å². The summed E-state index contributed by atoms with van der Waals surface area (Å²) in [6.45, 7) is 6.78. The minimum absolute atomic E-state index is 0.0699. The maximum Gasteiger partial charge on any atom is 0.0589 e. The zero-order valence-electron chi connectivity index (χ0n) is 11.4. The van der Waals surface area contributed by atoms with Gasteiger partial charge in [0.05, 0.1) is 12.6 Å². The Morgan fingerprint density at radius 2 is 2.06 bits per heavy atom. The lowest BCUT2D eigenvalue weighted by molar-refractivity contribution is 0.115. The van der Waals surface area contributed by atoms with E-state index in [1.807, 2.05) is 6.07 Å². The molecule has 0 spiro atoms. The summed E-state index contributed by atoms with van der Waals surface area (Å²) in [7, 11) is 1.73. The monoisotopic (exact) mass is 314 g/mol. The van der Waals surface area contributed by atoms with Crippen molar-refractivity contribution in [3.05, 3.63) is 34.3 Å². The summed E-state index contributed by atoms with van der Waals surface area (Å²) in [5.74, 6) is 0. The van der Waals surface area contributed by atoms with E-state index in [0.29, 0.717) is 0 Å². The van der Waals surface area contributed by atoms with Gasteiger partial charge < -0.3 is 10.5 Å². The van der Waals surface area contributed by atoms with Crippen LogP contribution in [-0.4, -0.2) is 37.7 Å². The number of rotatable bonds is 7. The van der Waals surface area contributed by atoms with Gasteiger partial charge in [-0.25, -0.2) is 0 Å². The second-order valence-corrected chi connectivity index (χ2v) is 5.30. The third-order valence-electron chi connectivity index (χ3n) is 3.10. The Morgan fingerprint density at radius 1 is 1.39 bits per heavy atom. The second-order valence-electron chi connectivity index (χ2n) is 4.45. The van der Waals surface area contributed by atoms with Crippen LogP contribution in [0.4, 0.5) is 0 Å². The van der Waals surface area contributed by atoms with Gasteiger partial charge in [-0.05, 0) is 25.1 Å². The van der Waals surface area contributed by atoms with Gasteiger partial charge in [0.15, 0.2) is 0 Å². The summed E-state index contributed by atoms with van der Waals surface area (Å²) in [5, 5.41) is 0. The van der Waals surface area contributed by atoms with Crippen LogP contribution >= 0.6 is 15.9 Å². The molecule has 0 heterocycles. The molecule has 0 aliphatic heterocycles. The normalized spacial score (nSPS) is 14.8. The first-order chi connectivity index (χ1) is 8.61. The fourth-order valence-electron chi connectivity index (χ4n) is 2.23. The first kappa shape index (κ1) is 15.6. The molecule has 0 aliphatic carbocycles. The summed E-state index contributed by atoms with van der Waals surface area (Å²) in [6.07, 6.45) is 0. The number of benzene rings is 1. The Balaban J connectivity index is 2.97. The molecule has 0 aromatic heterocycles. The van der Waals surface area contributed by atoms with Crippen molar-refractivity contribution in [3.63, 3.8) is 0 Å². The van der Waals surface area contributed by atoms with Crippen molar-refractivity contribution >= 4 is 15.9 Å². The lowest BCUT2D eigenvalue weighted by atomic mass is 9.99. The average Bonchev–Trinajstić information content (AvgIpc) is 2.35. The van der Waals surface area contributed by atoms with Gasteiger partial charge in [-0.2, -0.15) is 0 Å². The van der Waals surface area contributed by atoms with E-state index < -0.39 is 0 Å². The predicted octanol–water partition coefficient (Wildman–Crippen LogP) is 2.81. The summed E-state index contributed by atoms with van der Waals surface area (Å²) in [5.41, 5.74) is 7.42. The molecule has 0 amide bonds. The zero-order chi connectivity index (χ0) is 13.5. The second kappa shape index (κ2) is 7.89. The molecule has 1 aromatic rings. The third-order valence-corrected chi connectivity index (χ3v) is 3.83. The number of hydrogen-bond acceptors (Lipinski definition) is 3. The molecule has 2 atom stereocenters. The minimum Gasteiger partial charge on any atom is -0.383 e. The van der Waals surface area contributed by atoms with E-state index in [1.54, 1.807) is 7.11 Å². The minimum atomic E-state index is 0.0699. The molecule has 2 unspecified atom stereocenters. The molecule has 4 heteroatoms. The largest absolute Gasteiger partial charge is 0.383 e. The quantitative estimate of drug-likeness (QED) is 0.841. The Kier molecular flexibility index (Phi) is 6.86. The van der Waals surface area contributed by atoms with E-state index in [1.165, 1.54) is 5.56 Å². The number of ether oxygens (including phenoxy) is 1.